The molecule has 1 amide bonds. The molecule has 0 bridgehead atoms. The van der Waals surface area contributed by atoms with Gasteiger partial charge in [-0.2, -0.15) is 4.31 Å². The summed E-state index contributed by atoms with van der Waals surface area (Å²) in [6.07, 6.45) is 5.48. The molecule has 1 N–H and O–H groups in total. The van der Waals surface area contributed by atoms with E-state index in [1.807, 2.05) is 6.92 Å². The molecule has 0 spiro atoms. The Labute approximate surface area is 149 Å². The van der Waals surface area contributed by atoms with E-state index in [2.05, 4.69) is 5.32 Å². The normalized spacial score (nSPS) is 23.3. The molecule has 1 aliphatic carbocycles. The molecule has 1 heterocycles. The number of carbonyl (C=O) groups is 1. The summed E-state index contributed by atoms with van der Waals surface area (Å²) in [7, 11) is -3.63. The molecule has 7 heteroatoms. The third-order valence-corrected chi connectivity index (χ3v) is 6.96. The van der Waals surface area contributed by atoms with Crippen LogP contribution in [0.15, 0.2) is 29.2 Å². The third-order valence-electron chi connectivity index (χ3n) is 4.95. The molecule has 3 rings (SSSR count). The second kappa shape index (κ2) is 7.85. The van der Waals surface area contributed by atoms with E-state index in [4.69, 9.17) is 4.74 Å². The zero-order chi connectivity index (χ0) is 17.9. The van der Waals surface area contributed by atoms with Crippen LogP contribution in [0.1, 0.15) is 49.4 Å². The van der Waals surface area contributed by atoms with E-state index >= 15 is 0 Å². The summed E-state index contributed by atoms with van der Waals surface area (Å²) in [5.41, 5.74) is 0.396. The first kappa shape index (κ1) is 18.4. The second-order valence-corrected chi connectivity index (χ2v) is 8.77. The summed E-state index contributed by atoms with van der Waals surface area (Å²) in [5.74, 6) is -0.195. The van der Waals surface area contributed by atoms with E-state index < -0.39 is 10.0 Å². The van der Waals surface area contributed by atoms with Crippen molar-refractivity contribution in [1.29, 1.82) is 0 Å². The van der Waals surface area contributed by atoms with Crippen molar-refractivity contribution in [3.63, 3.8) is 0 Å². The van der Waals surface area contributed by atoms with E-state index in [9.17, 15) is 13.2 Å². The van der Waals surface area contributed by atoms with Crippen molar-refractivity contribution in [2.24, 2.45) is 0 Å². The van der Waals surface area contributed by atoms with E-state index in [0.29, 0.717) is 25.3 Å². The zero-order valence-corrected chi connectivity index (χ0v) is 15.4. The number of nitrogens with one attached hydrogen (secondary N) is 1. The smallest absolute Gasteiger partial charge is 0.251 e. The van der Waals surface area contributed by atoms with E-state index in [1.165, 1.54) is 16.8 Å². The number of benzene rings is 1. The van der Waals surface area contributed by atoms with Gasteiger partial charge in [-0.1, -0.05) is 25.3 Å². The molecular weight excluding hydrogens is 340 g/mol. The number of amides is 1. The second-order valence-electron chi connectivity index (χ2n) is 6.88. The lowest BCUT2D eigenvalue weighted by Gasteiger charge is -2.32. The van der Waals surface area contributed by atoms with Crippen molar-refractivity contribution in [1.82, 2.24) is 9.62 Å². The summed E-state index contributed by atoms with van der Waals surface area (Å²) in [6, 6.07) is 6.32. The number of nitrogens with zero attached hydrogens (tertiary/aromatic N) is 1. The first-order valence-corrected chi connectivity index (χ1v) is 10.4. The molecular formula is C18H26N2O4S. The van der Waals surface area contributed by atoms with Gasteiger partial charge in [0.2, 0.25) is 10.0 Å². The maximum absolute atomic E-state index is 12.9. The van der Waals surface area contributed by atoms with Crippen LogP contribution in [0, 0.1) is 0 Å². The molecule has 0 aromatic heterocycles. The number of rotatable bonds is 4. The van der Waals surface area contributed by atoms with E-state index in [0.717, 1.165) is 25.7 Å². The van der Waals surface area contributed by atoms with Gasteiger partial charge in [-0.25, -0.2) is 8.42 Å². The Kier molecular flexibility index (Phi) is 5.76. The minimum absolute atomic E-state index is 0.164. The van der Waals surface area contributed by atoms with Crippen molar-refractivity contribution in [2.45, 2.75) is 56.0 Å². The highest BCUT2D eigenvalue weighted by molar-refractivity contribution is 7.89. The van der Waals surface area contributed by atoms with Gasteiger partial charge < -0.3 is 10.1 Å². The number of sulfonamides is 1. The minimum Gasteiger partial charge on any atom is -0.378 e. The topological polar surface area (TPSA) is 75.7 Å². The molecule has 1 saturated carbocycles. The van der Waals surface area contributed by atoms with Crippen molar-refractivity contribution < 1.29 is 17.9 Å². The fourth-order valence-corrected chi connectivity index (χ4v) is 5.16. The van der Waals surface area contributed by atoms with Gasteiger partial charge in [0.25, 0.3) is 5.91 Å². The predicted octanol–water partition coefficient (Wildman–Crippen LogP) is 2.16. The molecule has 138 valence electrons. The fraction of sp³-hybridized carbons (Fsp3) is 0.611. The summed E-state index contributed by atoms with van der Waals surface area (Å²) in [5, 5.41) is 3.03. The lowest BCUT2D eigenvalue weighted by molar-refractivity contribution is 0.0392. The highest BCUT2D eigenvalue weighted by Crippen LogP contribution is 2.22. The van der Waals surface area contributed by atoms with Crippen LogP contribution in [0.25, 0.3) is 0 Å². The van der Waals surface area contributed by atoms with Crippen molar-refractivity contribution in [3.8, 4) is 0 Å². The Hall–Kier alpha value is -1.44. The summed E-state index contributed by atoms with van der Waals surface area (Å²) in [6.45, 7) is 2.95. The lowest BCUT2D eigenvalue weighted by Crippen LogP contribution is -2.47. The van der Waals surface area contributed by atoms with Gasteiger partial charge in [-0.3, -0.25) is 4.79 Å². The molecule has 2 aliphatic rings. The Bertz CT molecular complexity index is 714. The number of hydrogen-bond donors (Lipinski definition) is 1. The van der Waals surface area contributed by atoms with Crippen LogP contribution in [-0.4, -0.2) is 50.5 Å². The molecule has 1 saturated heterocycles. The average Bonchev–Trinajstić information content (AvgIpc) is 2.63. The monoisotopic (exact) mass is 366 g/mol. The maximum atomic E-state index is 12.9. The maximum Gasteiger partial charge on any atom is 0.251 e. The van der Waals surface area contributed by atoms with Crippen LogP contribution in [0.2, 0.25) is 0 Å². The zero-order valence-electron chi connectivity index (χ0n) is 14.6. The van der Waals surface area contributed by atoms with Gasteiger partial charge in [0.1, 0.15) is 0 Å². The fourth-order valence-electron chi connectivity index (χ4n) is 3.52. The molecule has 1 aromatic carbocycles. The van der Waals surface area contributed by atoms with Gasteiger partial charge in [-0.05, 0) is 38.0 Å². The van der Waals surface area contributed by atoms with Gasteiger partial charge in [-0.15, -0.1) is 0 Å². The average molecular weight is 366 g/mol. The summed E-state index contributed by atoms with van der Waals surface area (Å²) < 4.78 is 32.6. The Morgan fingerprint density at radius 2 is 2.00 bits per heavy atom. The SMILES string of the molecule is CC1COCCN1S(=O)(=O)c1cccc(C(=O)NC2CCCCC2)c1. The van der Waals surface area contributed by atoms with E-state index in [-0.39, 0.29) is 22.9 Å². The van der Waals surface area contributed by atoms with E-state index in [1.54, 1.807) is 18.2 Å². The molecule has 6 nitrogen and oxygen atoms in total. The van der Waals surface area contributed by atoms with Crippen molar-refractivity contribution in [3.05, 3.63) is 29.8 Å². The Morgan fingerprint density at radius 3 is 2.72 bits per heavy atom. The Morgan fingerprint density at radius 1 is 1.24 bits per heavy atom. The van der Waals surface area contributed by atoms with Gasteiger partial charge in [0, 0.05) is 24.2 Å². The highest BCUT2D eigenvalue weighted by Gasteiger charge is 2.32. The minimum atomic E-state index is -3.63. The highest BCUT2D eigenvalue weighted by atomic mass is 32.2. The molecule has 2 fully saturated rings. The summed E-state index contributed by atoms with van der Waals surface area (Å²) >= 11 is 0. The van der Waals surface area contributed by atoms with Crippen LogP contribution in [0.5, 0.6) is 0 Å². The molecule has 0 radical (unpaired) electrons. The van der Waals surface area contributed by atoms with Crippen molar-refractivity contribution >= 4 is 15.9 Å². The third kappa shape index (κ3) is 4.22. The molecule has 25 heavy (non-hydrogen) atoms. The quantitative estimate of drug-likeness (QED) is 0.886. The van der Waals surface area contributed by atoms with Crippen LogP contribution < -0.4 is 5.32 Å². The summed E-state index contributed by atoms with van der Waals surface area (Å²) in [4.78, 5) is 12.7. The number of carbonyl (C=O) groups excluding carboxylic acids is 1. The predicted molar refractivity (Wildman–Crippen MR) is 95.0 cm³/mol. The largest absolute Gasteiger partial charge is 0.378 e. The molecule has 1 atom stereocenters. The van der Waals surface area contributed by atoms with Gasteiger partial charge >= 0.3 is 0 Å². The van der Waals surface area contributed by atoms with Gasteiger partial charge in [0.05, 0.1) is 18.1 Å². The van der Waals surface area contributed by atoms with Gasteiger partial charge in [0.15, 0.2) is 0 Å². The molecule has 1 aliphatic heterocycles. The molecule has 1 unspecified atom stereocenters. The van der Waals surface area contributed by atoms with Crippen LogP contribution >= 0.6 is 0 Å². The number of ether oxygens (including phenoxy) is 1. The van der Waals surface area contributed by atoms with Crippen LogP contribution in [0.3, 0.4) is 0 Å². The van der Waals surface area contributed by atoms with Crippen molar-refractivity contribution in [2.75, 3.05) is 19.8 Å². The first-order valence-electron chi connectivity index (χ1n) is 8.99. The van der Waals surface area contributed by atoms with Crippen LogP contribution in [-0.2, 0) is 14.8 Å². The lowest BCUT2D eigenvalue weighted by atomic mass is 9.95. The Balaban J connectivity index is 1.77. The standard InChI is InChI=1S/C18H26N2O4S/c1-14-13-24-11-10-20(14)25(22,23)17-9-5-6-15(12-17)18(21)19-16-7-3-2-4-8-16/h5-6,9,12,14,16H,2-4,7-8,10-11,13H2,1H3,(H,19,21). The number of morpholine rings is 1. The van der Waals surface area contributed by atoms with Crippen LogP contribution in [0.4, 0.5) is 0 Å². The first-order chi connectivity index (χ1) is 12.0. The number of hydrogen-bond acceptors (Lipinski definition) is 4. The molecule has 1 aromatic rings.